The summed E-state index contributed by atoms with van der Waals surface area (Å²) in [6.45, 7) is 17.2. The molecule has 0 aliphatic rings. The summed E-state index contributed by atoms with van der Waals surface area (Å²) in [5.74, 6) is 1.77. The minimum absolute atomic E-state index is 0.587. The molecule has 0 atom stereocenters. The molecule has 0 aliphatic heterocycles. The Morgan fingerprint density at radius 2 is 1.46 bits per heavy atom. The molecule has 0 aromatic carbocycles. The van der Waals surface area contributed by atoms with Gasteiger partial charge in [-0.05, 0) is 48.3 Å². The standard InChI is InChI=1S/C9H16N2.C7H12N2.C6H10N2/c1-6(2)9-7(3)10-11(5)8(9)4;1-6(2)7-4-8-9(3)5-7;1-5(2)6-3-7-8-4-6/h6H,1-5H3;4-6H,1-3H3;3-5H,1-2H3,(H,7,8). The summed E-state index contributed by atoms with van der Waals surface area (Å²) in [6.07, 6.45) is 7.73. The average molecular weight is 387 g/mol. The normalized spacial score (nSPS) is 10.8. The quantitative estimate of drug-likeness (QED) is 0.670. The van der Waals surface area contributed by atoms with Gasteiger partial charge in [0.15, 0.2) is 0 Å². The van der Waals surface area contributed by atoms with E-state index in [4.69, 9.17) is 0 Å². The molecule has 156 valence electrons. The predicted molar refractivity (Wildman–Crippen MR) is 117 cm³/mol. The first kappa shape index (κ1) is 23.7. The Hall–Kier alpha value is -2.37. The molecule has 3 aromatic heterocycles. The molecule has 3 aromatic rings. The van der Waals surface area contributed by atoms with E-state index in [0.29, 0.717) is 17.8 Å². The van der Waals surface area contributed by atoms with Crippen LogP contribution >= 0.6 is 0 Å². The van der Waals surface area contributed by atoms with Crippen molar-refractivity contribution in [2.24, 2.45) is 14.1 Å². The molecule has 0 amide bonds. The summed E-state index contributed by atoms with van der Waals surface area (Å²) in [5.41, 5.74) is 6.42. The van der Waals surface area contributed by atoms with Gasteiger partial charge in [-0.15, -0.1) is 0 Å². The highest BCUT2D eigenvalue weighted by molar-refractivity contribution is 5.27. The number of hydrogen-bond donors (Lipinski definition) is 1. The number of nitrogens with zero attached hydrogens (tertiary/aromatic N) is 5. The molecule has 0 aliphatic carbocycles. The zero-order valence-electron chi connectivity index (χ0n) is 19.3. The number of nitrogens with one attached hydrogen (secondary N) is 1. The Balaban J connectivity index is 0.000000213. The van der Waals surface area contributed by atoms with Crippen molar-refractivity contribution in [3.8, 4) is 0 Å². The molecule has 3 rings (SSSR count). The molecule has 1 N–H and O–H groups in total. The van der Waals surface area contributed by atoms with E-state index in [1.807, 2.05) is 48.2 Å². The number of aryl methyl sites for hydroxylation is 3. The Bertz CT molecular complexity index is 806. The average Bonchev–Trinajstić information content (AvgIpc) is 3.31. The second-order valence-corrected chi connectivity index (χ2v) is 8.15. The first-order valence-electron chi connectivity index (χ1n) is 10.0. The molecule has 0 spiro atoms. The highest BCUT2D eigenvalue weighted by Crippen LogP contribution is 2.21. The summed E-state index contributed by atoms with van der Waals surface area (Å²) < 4.78 is 3.78. The zero-order chi connectivity index (χ0) is 21.4. The van der Waals surface area contributed by atoms with Gasteiger partial charge >= 0.3 is 0 Å². The van der Waals surface area contributed by atoms with E-state index in [1.54, 1.807) is 0 Å². The van der Waals surface area contributed by atoms with Crippen molar-refractivity contribution in [3.05, 3.63) is 52.9 Å². The van der Waals surface area contributed by atoms with Crippen molar-refractivity contribution >= 4 is 0 Å². The van der Waals surface area contributed by atoms with Crippen LogP contribution in [0.3, 0.4) is 0 Å². The van der Waals surface area contributed by atoms with Crippen molar-refractivity contribution in [2.45, 2.75) is 73.1 Å². The topological polar surface area (TPSA) is 64.3 Å². The molecule has 6 nitrogen and oxygen atoms in total. The second-order valence-electron chi connectivity index (χ2n) is 8.15. The molecule has 3 heterocycles. The van der Waals surface area contributed by atoms with Crippen molar-refractivity contribution in [3.63, 3.8) is 0 Å². The lowest BCUT2D eigenvalue weighted by Crippen LogP contribution is -1.94. The first-order chi connectivity index (χ1) is 13.0. The van der Waals surface area contributed by atoms with E-state index < -0.39 is 0 Å². The molecule has 0 radical (unpaired) electrons. The predicted octanol–water partition coefficient (Wildman–Crippen LogP) is 5.24. The molecular weight excluding hydrogens is 348 g/mol. The van der Waals surface area contributed by atoms with Crippen LogP contribution in [-0.2, 0) is 14.1 Å². The maximum atomic E-state index is 4.35. The van der Waals surface area contributed by atoms with Crippen LogP contribution in [0.25, 0.3) is 0 Å². The Labute approximate surface area is 170 Å². The van der Waals surface area contributed by atoms with Crippen molar-refractivity contribution < 1.29 is 0 Å². The van der Waals surface area contributed by atoms with E-state index in [9.17, 15) is 0 Å². The lowest BCUT2D eigenvalue weighted by molar-refractivity contribution is 0.728. The van der Waals surface area contributed by atoms with Crippen LogP contribution in [0.4, 0.5) is 0 Å². The summed E-state index contributed by atoms with van der Waals surface area (Å²) in [5, 5.41) is 15.0. The maximum absolute atomic E-state index is 4.35. The summed E-state index contributed by atoms with van der Waals surface area (Å²) in [4.78, 5) is 0. The molecule has 0 unspecified atom stereocenters. The lowest BCUT2D eigenvalue weighted by atomic mass is 10.0. The van der Waals surface area contributed by atoms with Crippen LogP contribution in [-0.4, -0.2) is 29.8 Å². The van der Waals surface area contributed by atoms with E-state index in [-0.39, 0.29) is 0 Å². The van der Waals surface area contributed by atoms with Crippen molar-refractivity contribution in [1.29, 1.82) is 0 Å². The van der Waals surface area contributed by atoms with Gasteiger partial charge in [0, 0.05) is 32.2 Å². The number of aromatic amines is 1. The fourth-order valence-electron chi connectivity index (χ4n) is 2.94. The lowest BCUT2D eigenvalue weighted by Gasteiger charge is -2.04. The van der Waals surface area contributed by atoms with Gasteiger partial charge in [0.1, 0.15) is 0 Å². The third-order valence-corrected chi connectivity index (χ3v) is 4.72. The molecule has 0 fully saturated rings. The summed E-state index contributed by atoms with van der Waals surface area (Å²) >= 11 is 0. The third kappa shape index (κ3) is 6.98. The molecule has 0 saturated heterocycles. The van der Waals surface area contributed by atoms with Gasteiger partial charge in [-0.25, -0.2) is 0 Å². The monoisotopic (exact) mass is 386 g/mol. The molecule has 28 heavy (non-hydrogen) atoms. The minimum atomic E-state index is 0.587. The number of hydrogen-bond acceptors (Lipinski definition) is 3. The van der Waals surface area contributed by atoms with E-state index >= 15 is 0 Å². The molecular formula is C22H38N6. The van der Waals surface area contributed by atoms with Gasteiger partial charge in [-0.2, -0.15) is 15.3 Å². The van der Waals surface area contributed by atoms with Crippen LogP contribution < -0.4 is 0 Å². The zero-order valence-corrected chi connectivity index (χ0v) is 19.3. The van der Waals surface area contributed by atoms with Crippen LogP contribution in [0.2, 0.25) is 0 Å². The SMILES string of the molecule is CC(C)c1cn[nH]c1.CC(C)c1cnn(C)c1.Cc1nn(C)c(C)c1C(C)C. The van der Waals surface area contributed by atoms with Gasteiger partial charge in [-0.3, -0.25) is 14.5 Å². The summed E-state index contributed by atoms with van der Waals surface area (Å²) in [7, 11) is 3.93. The molecule has 0 bridgehead atoms. The van der Waals surface area contributed by atoms with Crippen LogP contribution in [0, 0.1) is 13.8 Å². The van der Waals surface area contributed by atoms with E-state index in [2.05, 4.69) is 75.8 Å². The second kappa shape index (κ2) is 10.8. The Morgan fingerprint density at radius 1 is 0.857 bits per heavy atom. The Kier molecular flexibility index (Phi) is 9.16. The van der Waals surface area contributed by atoms with Gasteiger partial charge in [-0.1, -0.05) is 41.5 Å². The minimum Gasteiger partial charge on any atom is -0.285 e. The van der Waals surface area contributed by atoms with Gasteiger partial charge in [0.2, 0.25) is 0 Å². The molecule has 0 saturated carbocycles. The van der Waals surface area contributed by atoms with E-state index in [0.717, 1.165) is 0 Å². The molecule has 6 heteroatoms. The number of H-pyrrole nitrogens is 1. The van der Waals surface area contributed by atoms with Crippen molar-refractivity contribution in [1.82, 2.24) is 29.8 Å². The Morgan fingerprint density at radius 3 is 1.68 bits per heavy atom. The van der Waals surface area contributed by atoms with Gasteiger partial charge in [0.25, 0.3) is 0 Å². The fraction of sp³-hybridized carbons (Fsp3) is 0.591. The number of aromatic nitrogens is 6. The van der Waals surface area contributed by atoms with Gasteiger partial charge < -0.3 is 0 Å². The van der Waals surface area contributed by atoms with Crippen molar-refractivity contribution in [2.75, 3.05) is 0 Å². The largest absolute Gasteiger partial charge is 0.285 e. The highest BCUT2D eigenvalue weighted by Gasteiger charge is 2.11. The fourth-order valence-corrected chi connectivity index (χ4v) is 2.94. The number of rotatable bonds is 3. The van der Waals surface area contributed by atoms with E-state index in [1.165, 1.54) is 28.1 Å². The third-order valence-electron chi connectivity index (χ3n) is 4.72. The van der Waals surface area contributed by atoms with Crippen LogP contribution in [0.1, 0.15) is 87.4 Å². The van der Waals surface area contributed by atoms with Crippen LogP contribution in [0.15, 0.2) is 24.8 Å². The maximum Gasteiger partial charge on any atom is 0.0630 e. The highest BCUT2D eigenvalue weighted by atomic mass is 15.3. The smallest absolute Gasteiger partial charge is 0.0630 e. The summed E-state index contributed by atoms with van der Waals surface area (Å²) in [6, 6.07) is 0. The van der Waals surface area contributed by atoms with Crippen LogP contribution in [0.5, 0.6) is 0 Å². The first-order valence-corrected chi connectivity index (χ1v) is 10.0. The van der Waals surface area contributed by atoms with Gasteiger partial charge in [0.05, 0.1) is 18.1 Å².